The van der Waals surface area contributed by atoms with E-state index in [1.807, 2.05) is 32.0 Å². The lowest BCUT2D eigenvalue weighted by atomic mass is 10.4. The van der Waals surface area contributed by atoms with Crippen LogP contribution in [0.4, 0.5) is 5.82 Å². The van der Waals surface area contributed by atoms with Crippen molar-refractivity contribution in [3.05, 3.63) is 18.2 Å². The topological polar surface area (TPSA) is 34.1 Å². The molecule has 66 valence electrons. The molecule has 1 rings (SSSR count). The molecule has 1 N–H and O–H groups in total. The molecule has 0 aromatic carbocycles. The first-order valence-electron chi connectivity index (χ1n) is 4.20. The molecule has 3 nitrogen and oxygen atoms in total. The SMILES string of the molecule is CCNc1cccc(OCC)n1. The second kappa shape index (κ2) is 4.59. The van der Waals surface area contributed by atoms with Crippen LogP contribution in [0.5, 0.6) is 5.88 Å². The molecular formula is C9H14N2O. The van der Waals surface area contributed by atoms with Crippen molar-refractivity contribution in [1.29, 1.82) is 0 Å². The third-order valence-electron chi connectivity index (χ3n) is 1.37. The molecule has 0 atom stereocenters. The van der Waals surface area contributed by atoms with Crippen molar-refractivity contribution >= 4 is 5.82 Å². The van der Waals surface area contributed by atoms with Crippen LogP contribution in [0.25, 0.3) is 0 Å². The van der Waals surface area contributed by atoms with Crippen LogP contribution in [0.15, 0.2) is 18.2 Å². The van der Waals surface area contributed by atoms with Crippen LogP contribution in [-0.2, 0) is 0 Å². The molecule has 0 radical (unpaired) electrons. The van der Waals surface area contributed by atoms with Crippen molar-refractivity contribution in [2.45, 2.75) is 13.8 Å². The maximum absolute atomic E-state index is 5.24. The number of rotatable bonds is 4. The Balaban J connectivity index is 2.67. The lowest BCUT2D eigenvalue weighted by Crippen LogP contribution is -2.01. The van der Waals surface area contributed by atoms with Gasteiger partial charge >= 0.3 is 0 Å². The van der Waals surface area contributed by atoms with Crippen LogP contribution in [0, 0.1) is 0 Å². The van der Waals surface area contributed by atoms with Gasteiger partial charge in [-0.15, -0.1) is 0 Å². The minimum Gasteiger partial charge on any atom is -0.478 e. The van der Waals surface area contributed by atoms with Gasteiger partial charge < -0.3 is 10.1 Å². The monoisotopic (exact) mass is 166 g/mol. The number of nitrogens with zero attached hydrogens (tertiary/aromatic N) is 1. The maximum atomic E-state index is 5.24. The van der Waals surface area contributed by atoms with Crippen LogP contribution >= 0.6 is 0 Å². The van der Waals surface area contributed by atoms with Gasteiger partial charge in [-0.1, -0.05) is 6.07 Å². The van der Waals surface area contributed by atoms with Gasteiger partial charge in [0.25, 0.3) is 0 Å². The summed E-state index contributed by atoms with van der Waals surface area (Å²) in [4.78, 5) is 4.22. The van der Waals surface area contributed by atoms with Gasteiger partial charge in [0.2, 0.25) is 5.88 Å². The molecule has 0 amide bonds. The van der Waals surface area contributed by atoms with Crippen molar-refractivity contribution in [3.8, 4) is 5.88 Å². The molecule has 3 heteroatoms. The molecule has 0 saturated carbocycles. The number of ether oxygens (including phenoxy) is 1. The third-order valence-corrected chi connectivity index (χ3v) is 1.37. The molecule has 0 aliphatic carbocycles. The minimum atomic E-state index is 0.655. The Morgan fingerprint density at radius 2 is 2.25 bits per heavy atom. The average molecular weight is 166 g/mol. The summed E-state index contributed by atoms with van der Waals surface area (Å²) in [5.74, 6) is 1.54. The number of pyridine rings is 1. The van der Waals surface area contributed by atoms with E-state index in [0.29, 0.717) is 12.5 Å². The van der Waals surface area contributed by atoms with Crippen LogP contribution in [0.2, 0.25) is 0 Å². The Morgan fingerprint density at radius 3 is 2.92 bits per heavy atom. The Bertz CT molecular complexity index is 216. The predicted molar refractivity (Wildman–Crippen MR) is 49.6 cm³/mol. The van der Waals surface area contributed by atoms with Gasteiger partial charge in [0.15, 0.2) is 0 Å². The lowest BCUT2D eigenvalue weighted by Gasteiger charge is -2.04. The number of nitrogens with one attached hydrogen (secondary N) is 1. The van der Waals surface area contributed by atoms with E-state index in [1.165, 1.54) is 0 Å². The lowest BCUT2D eigenvalue weighted by molar-refractivity contribution is 0.327. The molecule has 0 aliphatic rings. The highest BCUT2D eigenvalue weighted by Crippen LogP contribution is 2.10. The van der Waals surface area contributed by atoms with E-state index in [-0.39, 0.29) is 0 Å². The summed E-state index contributed by atoms with van der Waals surface area (Å²) in [7, 11) is 0. The minimum absolute atomic E-state index is 0.655. The molecule has 0 saturated heterocycles. The van der Waals surface area contributed by atoms with Crippen molar-refractivity contribution < 1.29 is 4.74 Å². The second-order valence-electron chi connectivity index (χ2n) is 2.32. The van der Waals surface area contributed by atoms with Gasteiger partial charge in [-0.3, -0.25) is 0 Å². The number of hydrogen-bond donors (Lipinski definition) is 1. The van der Waals surface area contributed by atoms with Crippen LogP contribution in [-0.4, -0.2) is 18.1 Å². The maximum Gasteiger partial charge on any atom is 0.215 e. The molecule has 0 fully saturated rings. The number of aromatic nitrogens is 1. The van der Waals surface area contributed by atoms with E-state index in [9.17, 15) is 0 Å². The Hall–Kier alpha value is -1.25. The summed E-state index contributed by atoms with van der Waals surface area (Å²) in [6.07, 6.45) is 0. The van der Waals surface area contributed by atoms with E-state index >= 15 is 0 Å². The second-order valence-corrected chi connectivity index (χ2v) is 2.32. The molecule has 0 unspecified atom stereocenters. The average Bonchev–Trinajstić information content (AvgIpc) is 2.06. The summed E-state index contributed by atoms with van der Waals surface area (Å²) in [5.41, 5.74) is 0. The van der Waals surface area contributed by atoms with Gasteiger partial charge in [-0.05, 0) is 19.9 Å². The highest BCUT2D eigenvalue weighted by Gasteiger charge is 1.94. The smallest absolute Gasteiger partial charge is 0.215 e. The molecule has 12 heavy (non-hydrogen) atoms. The van der Waals surface area contributed by atoms with Crippen molar-refractivity contribution in [2.24, 2.45) is 0 Å². The molecule has 1 heterocycles. The van der Waals surface area contributed by atoms with Crippen LogP contribution in [0.1, 0.15) is 13.8 Å². The zero-order chi connectivity index (χ0) is 8.81. The van der Waals surface area contributed by atoms with Gasteiger partial charge in [0, 0.05) is 12.6 Å². The van der Waals surface area contributed by atoms with Crippen molar-refractivity contribution in [2.75, 3.05) is 18.5 Å². The first kappa shape index (κ1) is 8.84. The largest absolute Gasteiger partial charge is 0.478 e. The fourth-order valence-corrected chi connectivity index (χ4v) is 0.923. The van der Waals surface area contributed by atoms with Crippen LogP contribution < -0.4 is 10.1 Å². The molecule has 1 aromatic rings. The van der Waals surface area contributed by atoms with E-state index in [2.05, 4.69) is 10.3 Å². The first-order valence-corrected chi connectivity index (χ1v) is 4.20. The standard InChI is InChI=1S/C9H14N2O/c1-3-10-8-6-5-7-9(11-8)12-4-2/h5-7H,3-4H2,1-2H3,(H,10,11). The summed E-state index contributed by atoms with van der Waals surface area (Å²) >= 11 is 0. The number of hydrogen-bond acceptors (Lipinski definition) is 3. The summed E-state index contributed by atoms with van der Waals surface area (Å²) < 4.78 is 5.24. The zero-order valence-electron chi connectivity index (χ0n) is 7.50. The molecular weight excluding hydrogens is 152 g/mol. The van der Waals surface area contributed by atoms with Crippen molar-refractivity contribution in [3.63, 3.8) is 0 Å². The Kier molecular flexibility index (Phi) is 3.38. The van der Waals surface area contributed by atoms with E-state index in [1.54, 1.807) is 0 Å². The third kappa shape index (κ3) is 2.42. The highest BCUT2D eigenvalue weighted by atomic mass is 16.5. The Labute approximate surface area is 72.8 Å². The normalized spacial score (nSPS) is 9.50. The van der Waals surface area contributed by atoms with E-state index < -0.39 is 0 Å². The van der Waals surface area contributed by atoms with Gasteiger partial charge in [-0.25, -0.2) is 0 Å². The van der Waals surface area contributed by atoms with Crippen LogP contribution in [0.3, 0.4) is 0 Å². The number of anilines is 1. The zero-order valence-corrected chi connectivity index (χ0v) is 7.50. The van der Waals surface area contributed by atoms with Gasteiger partial charge in [0.05, 0.1) is 6.61 Å². The van der Waals surface area contributed by atoms with Gasteiger partial charge in [-0.2, -0.15) is 4.98 Å². The summed E-state index contributed by atoms with van der Waals surface area (Å²) in [6, 6.07) is 5.70. The Morgan fingerprint density at radius 1 is 1.42 bits per heavy atom. The quantitative estimate of drug-likeness (QED) is 0.742. The first-order chi connectivity index (χ1) is 5.86. The molecule has 1 aromatic heterocycles. The molecule has 0 aliphatic heterocycles. The van der Waals surface area contributed by atoms with E-state index in [4.69, 9.17) is 4.74 Å². The summed E-state index contributed by atoms with van der Waals surface area (Å²) in [5, 5.41) is 3.12. The molecule has 0 bridgehead atoms. The van der Waals surface area contributed by atoms with Crippen molar-refractivity contribution in [1.82, 2.24) is 4.98 Å². The van der Waals surface area contributed by atoms with E-state index in [0.717, 1.165) is 12.4 Å². The fourth-order valence-electron chi connectivity index (χ4n) is 0.923. The predicted octanol–water partition coefficient (Wildman–Crippen LogP) is 1.91. The fraction of sp³-hybridized carbons (Fsp3) is 0.444. The van der Waals surface area contributed by atoms with Gasteiger partial charge in [0.1, 0.15) is 5.82 Å². The molecule has 0 spiro atoms. The summed E-state index contributed by atoms with van der Waals surface area (Å²) in [6.45, 7) is 5.52. The highest BCUT2D eigenvalue weighted by molar-refractivity contribution is 5.36.